The van der Waals surface area contributed by atoms with Gasteiger partial charge < -0.3 is 20.5 Å². The molecule has 5 nitrogen and oxygen atoms in total. The lowest BCUT2D eigenvalue weighted by atomic mass is 10.0. The topological polar surface area (TPSA) is 80.3 Å². The lowest BCUT2D eigenvalue weighted by Crippen LogP contribution is -2.44. The summed E-state index contributed by atoms with van der Waals surface area (Å²) in [4.78, 5) is 0. The molecular formula is C15H15N3O2. The first-order chi connectivity index (χ1) is 9.47. The molecule has 1 spiro atoms. The molecule has 0 unspecified atom stereocenters. The van der Waals surface area contributed by atoms with E-state index in [9.17, 15) is 5.26 Å². The average Bonchev–Trinajstić information content (AvgIpc) is 2.73. The van der Waals surface area contributed by atoms with Crippen LogP contribution in [0.25, 0.3) is 0 Å². The molecule has 0 aromatic heterocycles. The zero-order valence-corrected chi connectivity index (χ0v) is 11.6. The Morgan fingerprint density at radius 3 is 2.75 bits per heavy atom. The highest BCUT2D eigenvalue weighted by Gasteiger charge is 2.46. The van der Waals surface area contributed by atoms with Crippen LogP contribution >= 0.6 is 0 Å². The molecule has 0 aliphatic carbocycles. The maximum atomic E-state index is 9.36. The van der Waals surface area contributed by atoms with Gasteiger partial charge in [-0.05, 0) is 38.0 Å². The summed E-state index contributed by atoms with van der Waals surface area (Å²) < 4.78 is 11.4. The number of nitrogens with zero attached hydrogens (tertiary/aromatic N) is 1. The summed E-state index contributed by atoms with van der Waals surface area (Å²) in [6.45, 7) is 5.78. The van der Waals surface area contributed by atoms with E-state index in [0.29, 0.717) is 5.76 Å². The van der Waals surface area contributed by atoms with Crippen LogP contribution < -0.4 is 15.8 Å². The Balaban J connectivity index is 2.16. The molecule has 0 fully saturated rings. The molecule has 1 aromatic rings. The van der Waals surface area contributed by atoms with Gasteiger partial charge >= 0.3 is 0 Å². The number of fused-ring (bicyclic) bond motifs is 1. The molecule has 1 atom stereocenters. The van der Waals surface area contributed by atoms with Crippen LogP contribution in [0.15, 0.2) is 35.4 Å². The number of ether oxygens (including phenoxy) is 2. The van der Waals surface area contributed by atoms with Crippen molar-refractivity contribution in [3.05, 3.63) is 46.6 Å². The number of allylic oxidation sites excluding steroid dienone is 1. The van der Waals surface area contributed by atoms with Gasteiger partial charge in [0.1, 0.15) is 17.6 Å². The average molecular weight is 269 g/mol. The molecule has 5 heteroatoms. The smallest absolute Gasteiger partial charge is 0.245 e. The highest BCUT2D eigenvalue weighted by atomic mass is 16.5. The number of benzene rings is 1. The molecule has 2 aliphatic rings. The zero-order chi connectivity index (χ0) is 14.5. The molecule has 2 heterocycles. The highest BCUT2D eigenvalue weighted by Crippen LogP contribution is 2.45. The molecule has 0 saturated heterocycles. The Morgan fingerprint density at radius 2 is 2.05 bits per heavy atom. The van der Waals surface area contributed by atoms with Gasteiger partial charge in [-0.2, -0.15) is 5.26 Å². The predicted molar refractivity (Wildman–Crippen MR) is 74.6 cm³/mol. The number of nitrogens with two attached hydrogens (primary N) is 1. The van der Waals surface area contributed by atoms with Crippen LogP contribution in [0.4, 0.5) is 5.69 Å². The number of nitriles is 1. The van der Waals surface area contributed by atoms with Gasteiger partial charge in [0, 0.05) is 6.08 Å². The molecule has 3 rings (SSSR count). The summed E-state index contributed by atoms with van der Waals surface area (Å²) >= 11 is 0. The summed E-state index contributed by atoms with van der Waals surface area (Å²) in [6.07, 6.45) is 1.73. The van der Waals surface area contributed by atoms with E-state index in [-0.39, 0.29) is 11.5 Å². The molecule has 2 aliphatic heterocycles. The Kier molecular flexibility index (Phi) is 2.45. The SMILES string of the molecule is CC1=C[C@@]2(Nc3ccc(C)c(C)c3O2)C(C#N)=C(N)O1. The monoisotopic (exact) mass is 269 g/mol. The van der Waals surface area contributed by atoms with E-state index in [1.54, 1.807) is 13.0 Å². The fraction of sp³-hybridized carbons (Fsp3) is 0.267. The van der Waals surface area contributed by atoms with E-state index in [1.165, 1.54) is 0 Å². The maximum Gasteiger partial charge on any atom is 0.245 e. The van der Waals surface area contributed by atoms with Crippen LogP contribution in [0.1, 0.15) is 18.1 Å². The minimum atomic E-state index is -1.07. The third-order valence-electron chi connectivity index (χ3n) is 3.67. The lowest BCUT2D eigenvalue weighted by molar-refractivity contribution is 0.174. The Morgan fingerprint density at radius 1 is 1.30 bits per heavy atom. The largest absolute Gasteiger partial charge is 0.457 e. The molecular weight excluding hydrogens is 254 g/mol. The van der Waals surface area contributed by atoms with Gasteiger partial charge in [0.05, 0.1) is 5.69 Å². The van der Waals surface area contributed by atoms with Gasteiger partial charge in [0.2, 0.25) is 11.6 Å². The van der Waals surface area contributed by atoms with Crippen LogP contribution in [0.5, 0.6) is 5.75 Å². The van der Waals surface area contributed by atoms with Crippen molar-refractivity contribution in [1.82, 2.24) is 0 Å². The van der Waals surface area contributed by atoms with Crippen LogP contribution in [0.2, 0.25) is 0 Å². The summed E-state index contributed by atoms with van der Waals surface area (Å²) in [5, 5.41) is 12.6. The number of anilines is 1. The second-order valence-electron chi connectivity index (χ2n) is 5.05. The Bertz CT molecular complexity index is 713. The van der Waals surface area contributed by atoms with Crippen LogP contribution in [-0.2, 0) is 4.74 Å². The molecule has 1 aromatic carbocycles. The van der Waals surface area contributed by atoms with Crippen molar-refractivity contribution in [3.63, 3.8) is 0 Å². The Labute approximate surface area is 117 Å². The summed E-state index contributed by atoms with van der Waals surface area (Å²) in [5.41, 5.74) is 8.00. The van der Waals surface area contributed by atoms with Gasteiger partial charge in [-0.3, -0.25) is 0 Å². The molecule has 3 N–H and O–H groups in total. The van der Waals surface area contributed by atoms with E-state index in [4.69, 9.17) is 15.2 Å². The van der Waals surface area contributed by atoms with Crippen molar-refractivity contribution in [2.24, 2.45) is 5.73 Å². The molecule has 0 saturated carbocycles. The first kappa shape index (κ1) is 12.4. The number of rotatable bonds is 0. The highest BCUT2D eigenvalue weighted by molar-refractivity contribution is 5.70. The number of aryl methyl sites for hydroxylation is 1. The lowest BCUT2D eigenvalue weighted by Gasteiger charge is -2.30. The first-order valence-electron chi connectivity index (χ1n) is 6.32. The Hall–Kier alpha value is -2.61. The summed E-state index contributed by atoms with van der Waals surface area (Å²) in [6, 6.07) is 6.03. The minimum absolute atomic E-state index is 0.0715. The van der Waals surface area contributed by atoms with Crippen LogP contribution in [0, 0.1) is 25.2 Å². The van der Waals surface area contributed by atoms with Gasteiger partial charge in [-0.25, -0.2) is 0 Å². The van der Waals surface area contributed by atoms with Crippen LogP contribution in [0.3, 0.4) is 0 Å². The van der Waals surface area contributed by atoms with Crippen molar-refractivity contribution in [1.29, 1.82) is 5.26 Å². The van der Waals surface area contributed by atoms with Crippen molar-refractivity contribution < 1.29 is 9.47 Å². The van der Waals surface area contributed by atoms with E-state index in [1.807, 2.05) is 26.0 Å². The van der Waals surface area contributed by atoms with E-state index >= 15 is 0 Å². The van der Waals surface area contributed by atoms with Crippen molar-refractivity contribution in [2.45, 2.75) is 26.5 Å². The second-order valence-corrected chi connectivity index (χ2v) is 5.05. The fourth-order valence-corrected chi connectivity index (χ4v) is 2.52. The molecule has 102 valence electrons. The quantitative estimate of drug-likeness (QED) is 0.756. The summed E-state index contributed by atoms with van der Waals surface area (Å²) in [5.74, 6) is 1.41. The van der Waals surface area contributed by atoms with E-state index in [0.717, 1.165) is 22.6 Å². The molecule has 20 heavy (non-hydrogen) atoms. The second kappa shape index (κ2) is 3.94. The van der Waals surface area contributed by atoms with E-state index in [2.05, 4.69) is 11.4 Å². The number of nitrogens with one attached hydrogen (secondary N) is 1. The number of hydrogen-bond donors (Lipinski definition) is 2. The first-order valence-corrected chi connectivity index (χ1v) is 6.32. The third kappa shape index (κ3) is 1.55. The fourth-order valence-electron chi connectivity index (χ4n) is 2.52. The standard InChI is InChI=1S/C15H15N3O2/c1-8-4-5-12-13(10(8)3)20-15(18-12)6-9(2)19-14(17)11(15)7-16/h4-6,18H,17H2,1-3H3/t15-/m0/s1. The molecule has 0 bridgehead atoms. The normalized spacial score (nSPS) is 23.4. The predicted octanol–water partition coefficient (Wildman–Crippen LogP) is 2.43. The van der Waals surface area contributed by atoms with Gasteiger partial charge in [0.15, 0.2) is 5.57 Å². The van der Waals surface area contributed by atoms with Crippen molar-refractivity contribution in [2.75, 3.05) is 5.32 Å². The van der Waals surface area contributed by atoms with Crippen molar-refractivity contribution in [3.8, 4) is 11.8 Å². The van der Waals surface area contributed by atoms with Gasteiger partial charge in [-0.1, -0.05) is 6.07 Å². The summed E-state index contributed by atoms with van der Waals surface area (Å²) in [7, 11) is 0. The molecule has 0 radical (unpaired) electrons. The van der Waals surface area contributed by atoms with Gasteiger partial charge in [0.25, 0.3) is 0 Å². The van der Waals surface area contributed by atoms with Crippen LogP contribution in [-0.4, -0.2) is 5.72 Å². The third-order valence-corrected chi connectivity index (χ3v) is 3.67. The van der Waals surface area contributed by atoms with Crippen molar-refractivity contribution >= 4 is 5.69 Å². The van der Waals surface area contributed by atoms with E-state index < -0.39 is 5.72 Å². The molecule has 0 amide bonds. The maximum absolute atomic E-state index is 9.36. The minimum Gasteiger partial charge on any atom is -0.457 e. The number of hydrogen-bond acceptors (Lipinski definition) is 5. The zero-order valence-electron chi connectivity index (χ0n) is 11.6. The van der Waals surface area contributed by atoms with Gasteiger partial charge in [-0.15, -0.1) is 0 Å².